The molecule has 1 aromatic heterocycles. The topological polar surface area (TPSA) is 47.5 Å². The third kappa shape index (κ3) is 4.60. The Bertz CT molecular complexity index is 1120. The van der Waals surface area contributed by atoms with E-state index in [2.05, 4.69) is 84.6 Å². The molecule has 3 aliphatic heterocycles. The molecule has 0 amide bonds. The van der Waals surface area contributed by atoms with Crippen molar-refractivity contribution in [2.45, 2.75) is 44.7 Å². The number of aromatic nitrogens is 2. The Morgan fingerprint density at radius 3 is 2.44 bits per heavy atom. The zero-order chi connectivity index (χ0) is 22.7. The fourth-order valence-corrected chi connectivity index (χ4v) is 5.78. The summed E-state index contributed by atoms with van der Waals surface area (Å²) >= 11 is 0. The summed E-state index contributed by atoms with van der Waals surface area (Å²) in [4.78, 5) is 16.7. The molecular weight excluding hydrogens is 420 g/mol. The zero-order valence-electron chi connectivity index (χ0n) is 19.9. The Morgan fingerprint density at radius 1 is 0.765 bits per heavy atom. The van der Waals surface area contributed by atoms with Crippen LogP contribution in [0.4, 0.5) is 23.0 Å². The Kier molecular flexibility index (Phi) is 6.06. The van der Waals surface area contributed by atoms with Gasteiger partial charge in [-0.25, -0.2) is 9.97 Å². The second-order valence-electron chi connectivity index (χ2n) is 9.84. The van der Waals surface area contributed by atoms with Crippen molar-refractivity contribution in [1.82, 2.24) is 14.9 Å². The lowest BCUT2D eigenvalue weighted by atomic mass is 9.95. The van der Waals surface area contributed by atoms with Crippen molar-refractivity contribution in [3.8, 4) is 0 Å². The predicted octanol–water partition coefficient (Wildman–Crippen LogP) is 4.85. The van der Waals surface area contributed by atoms with Crippen molar-refractivity contribution in [3.05, 3.63) is 72.1 Å². The highest BCUT2D eigenvalue weighted by atomic mass is 15.2. The van der Waals surface area contributed by atoms with Gasteiger partial charge in [0.1, 0.15) is 18.0 Å². The van der Waals surface area contributed by atoms with Crippen molar-refractivity contribution in [3.63, 3.8) is 0 Å². The molecule has 6 rings (SSSR count). The smallest absolute Gasteiger partial charge is 0.135 e. The molecule has 2 fully saturated rings. The first-order chi connectivity index (χ1) is 16.8. The van der Waals surface area contributed by atoms with Crippen molar-refractivity contribution in [2.24, 2.45) is 0 Å². The van der Waals surface area contributed by atoms with Gasteiger partial charge in [0.15, 0.2) is 0 Å². The molecule has 0 unspecified atom stereocenters. The van der Waals surface area contributed by atoms with Gasteiger partial charge in [-0.05, 0) is 61.4 Å². The molecule has 0 aliphatic carbocycles. The second kappa shape index (κ2) is 9.63. The molecular formula is C28H34N6. The van der Waals surface area contributed by atoms with Gasteiger partial charge in [-0.2, -0.15) is 0 Å². The Balaban J connectivity index is 1.08. The maximum absolute atomic E-state index is 4.61. The van der Waals surface area contributed by atoms with Crippen molar-refractivity contribution in [1.29, 1.82) is 0 Å². The van der Waals surface area contributed by atoms with Crippen LogP contribution in [0, 0.1) is 0 Å². The van der Waals surface area contributed by atoms with Gasteiger partial charge < -0.3 is 15.1 Å². The molecule has 2 saturated heterocycles. The standard InChI is InChI=1S/C28H34N6/c1-2-7-23-20-34(15-10-22(23)6-1)25-11-16-33(17-12-25)28-19-27(29-21-30-28)31-24-8-5-9-26(18-24)32-13-3-4-14-32/h1-2,5-9,18-19,21,25H,3-4,10-17,20H2,(H,29,30,31). The quantitative estimate of drug-likeness (QED) is 0.595. The van der Waals surface area contributed by atoms with Crippen LogP contribution in [-0.4, -0.2) is 53.6 Å². The van der Waals surface area contributed by atoms with Gasteiger partial charge in [-0.1, -0.05) is 30.3 Å². The fourth-order valence-electron chi connectivity index (χ4n) is 5.78. The van der Waals surface area contributed by atoms with Crippen LogP contribution in [-0.2, 0) is 13.0 Å². The van der Waals surface area contributed by atoms with E-state index in [1.807, 2.05) is 0 Å². The van der Waals surface area contributed by atoms with E-state index in [1.54, 1.807) is 6.33 Å². The van der Waals surface area contributed by atoms with E-state index in [0.717, 1.165) is 50.0 Å². The molecule has 176 valence electrons. The summed E-state index contributed by atoms with van der Waals surface area (Å²) in [5.74, 6) is 1.88. The van der Waals surface area contributed by atoms with Crippen LogP contribution in [0.1, 0.15) is 36.8 Å². The van der Waals surface area contributed by atoms with E-state index < -0.39 is 0 Å². The first-order valence-electron chi connectivity index (χ1n) is 12.8. The van der Waals surface area contributed by atoms with E-state index in [4.69, 9.17) is 0 Å². The van der Waals surface area contributed by atoms with E-state index in [1.165, 1.54) is 55.5 Å². The molecule has 6 heteroatoms. The molecule has 4 heterocycles. The normalized spacial score (nSPS) is 19.3. The van der Waals surface area contributed by atoms with Crippen molar-refractivity contribution in [2.75, 3.05) is 47.8 Å². The molecule has 3 aromatic rings. The van der Waals surface area contributed by atoms with Gasteiger partial charge >= 0.3 is 0 Å². The maximum Gasteiger partial charge on any atom is 0.135 e. The monoisotopic (exact) mass is 454 g/mol. The van der Waals surface area contributed by atoms with Gasteiger partial charge in [0, 0.05) is 62.8 Å². The SMILES string of the molecule is c1cc(Nc2cc(N3CCC(N4CCc5ccccc5C4)CC3)ncn2)cc(N2CCCC2)c1. The first-order valence-corrected chi connectivity index (χ1v) is 12.8. The average Bonchev–Trinajstić information content (AvgIpc) is 3.44. The van der Waals surface area contributed by atoms with Crippen LogP contribution in [0.25, 0.3) is 0 Å². The summed E-state index contributed by atoms with van der Waals surface area (Å²) in [5.41, 5.74) is 5.41. The molecule has 0 spiro atoms. The summed E-state index contributed by atoms with van der Waals surface area (Å²) in [7, 11) is 0. The summed E-state index contributed by atoms with van der Waals surface area (Å²) < 4.78 is 0. The molecule has 0 radical (unpaired) electrons. The van der Waals surface area contributed by atoms with Gasteiger partial charge in [0.25, 0.3) is 0 Å². The lowest BCUT2D eigenvalue weighted by molar-refractivity contribution is 0.153. The predicted molar refractivity (Wildman–Crippen MR) is 139 cm³/mol. The van der Waals surface area contributed by atoms with Gasteiger partial charge in [-0.15, -0.1) is 0 Å². The third-order valence-corrected chi connectivity index (χ3v) is 7.71. The number of hydrogen-bond acceptors (Lipinski definition) is 6. The molecule has 0 atom stereocenters. The summed E-state index contributed by atoms with van der Waals surface area (Å²) in [6, 6.07) is 20.4. The summed E-state index contributed by atoms with van der Waals surface area (Å²) in [6.07, 6.45) is 7.81. The lowest BCUT2D eigenvalue weighted by Crippen LogP contribution is -2.46. The minimum Gasteiger partial charge on any atom is -0.371 e. The Hall–Kier alpha value is -3.12. The Labute approximate surface area is 202 Å². The van der Waals surface area contributed by atoms with Gasteiger partial charge in [0.05, 0.1) is 0 Å². The number of anilines is 4. The highest BCUT2D eigenvalue weighted by molar-refractivity contribution is 5.65. The largest absolute Gasteiger partial charge is 0.371 e. The first kappa shape index (κ1) is 21.4. The van der Waals surface area contributed by atoms with Crippen molar-refractivity contribution < 1.29 is 0 Å². The third-order valence-electron chi connectivity index (χ3n) is 7.71. The van der Waals surface area contributed by atoms with Crippen LogP contribution in [0.2, 0.25) is 0 Å². The Morgan fingerprint density at radius 2 is 1.59 bits per heavy atom. The van der Waals surface area contributed by atoms with Gasteiger partial charge in [-0.3, -0.25) is 4.90 Å². The summed E-state index contributed by atoms with van der Waals surface area (Å²) in [6.45, 7) is 6.67. The molecule has 0 bridgehead atoms. The zero-order valence-corrected chi connectivity index (χ0v) is 19.9. The minimum atomic E-state index is 0.664. The van der Waals surface area contributed by atoms with Crippen LogP contribution in [0.5, 0.6) is 0 Å². The van der Waals surface area contributed by atoms with E-state index in [0.29, 0.717) is 6.04 Å². The minimum absolute atomic E-state index is 0.664. The lowest BCUT2D eigenvalue weighted by Gasteiger charge is -2.41. The second-order valence-corrected chi connectivity index (χ2v) is 9.84. The molecule has 1 N–H and O–H groups in total. The fraction of sp³-hybridized carbons (Fsp3) is 0.429. The van der Waals surface area contributed by atoms with Crippen LogP contribution in [0.3, 0.4) is 0 Å². The number of nitrogens with zero attached hydrogens (tertiary/aromatic N) is 5. The maximum atomic E-state index is 4.61. The number of nitrogens with one attached hydrogen (secondary N) is 1. The number of piperidine rings is 1. The highest BCUT2D eigenvalue weighted by Gasteiger charge is 2.27. The van der Waals surface area contributed by atoms with E-state index in [9.17, 15) is 0 Å². The number of benzene rings is 2. The number of hydrogen-bond donors (Lipinski definition) is 1. The van der Waals surface area contributed by atoms with E-state index >= 15 is 0 Å². The average molecular weight is 455 g/mol. The van der Waals surface area contributed by atoms with E-state index in [-0.39, 0.29) is 0 Å². The van der Waals surface area contributed by atoms with Crippen LogP contribution < -0.4 is 15.1 Å². The van der Waals surface area contributed by atoms with Gasteiger partial charge in [0.2, 0.25) is 0 Å². The molecule has 3 aliphatic rings. The molecule has 34 heavy (non-hydrogen) atoms. The van der Waals surface area contributed by atoms with Crippen LogP contribution in [0.15, 0.2) is 60.9 Å². The molecule has 0 saturated carbocycles. The van der Waals surface area contributed by atoms with Crippen LogP contribution >= 0.6 is 0 Å². The van der Waals surface area contributed by atoms with Crippen molar-refractivity contribution >= 4 is 23.0 Å². The molecule has 2 aromatic carbocycles. The molecule has 6 nitrogen and oxygen atoms in total. The number of rotatable bonds is 5. The number of fused-ring (bicyclic) bond motifs is 1. The summed E-state index contributed by atoms with van der Waals surface area (Å²) in [5, 5.41) is 3.50. The highest BCUT2D eigenvalue weighted by Crippen LogP contribution is 2.28.